The van der Waals surface area contributed by atoms with Crippen molar-refractivity contribution in [2.24, 2.45) is 0 Å². The van der Waals surface area contributed by atoms with Crippen LogP contribution in [-0.2, 0) is 33.8 Å². The Kier molecular flexibility index (Phi) is 7.24. The zero-order chi connectivity index (χ0) is 27.5. The molecule has 2 aliphatic rings. The van der Waals surface area contributed by atoms with Gasteiger partial charge in [-0.2, -0.15) is 0 Å². The third-order valence-electron chi connectivity index (χ3n) is 7.15. The van der Waals surface area contributed by atoms with E-state index in [0.29, 0.717) is 55.0 Å². The third kappa shape index (κ3) is 5.17. The maximum Gasteiger partial charge on any atom is 0.356 e. The molecule has 0 bridgehead atoms. The standard InChI is InChI=1S/C30H30N4O6/c1-37-30(36)27-26(33-29(35)24-8-5-13-38-24)22-15-21(31-16-20-9-10-23-25(14-20)40-18-39-23)17-32-28(22)34(27)12-11-19-6-3-2-4-7-19/h2-4,6-7,9-10,14-15,17,24,31H,5,8,11-13,16,18H2,1H3,(H,33,35). The second-order valence-corrected chi connectivity index (χ2v) is 9.73. The normalized spacial score (nSPS) is 15.8. The number of carbonyl (C=O) groups excluding carboxylic acids is 2. The number of rotatable bonds is 9. The maximum absolute atomic E-state index is 13.1. The second kappa shape index (κ2) is 11.3. The van der Waals surface area contributed by atoms with Gasteiger partial charge in [-0.05, 0) is 48.6 Å². The van der Waals surface area contributed by atoms with Gasteiger partial charge in [0.1, 0.15) is 11.8 Å². The van der Waals surface area contributed by atoms with Crippen LogP contribution in [0.3, 0.4) is 0 Å². The van der Waals surface area contributed by atoms with Crippen molar-refractivity contribution in [3.05, 3.63) is 77.6 Å². The van der Waals surface area contributed by atoms with E-state index < -0.39 is 12.1 Å². The maximum atomic E-state index is 13.1. The van der Waals surface area contributed by atoms with E-state index in [4.69, 9.17) is 23.9 Å². The van der Waals surface area contributed by atoms with E-state index in [1.165, 1.54) is 7.11 Å². The first kappa shape index (κ1) is 25.7. The molecule has 2 N–H and O–H groups in total. The molecule has 4 heterocycles. The Bertz CT molecular complexity index is 1550. The quantitative estimate of drug-likeness (QED) is 0.297. The minimum Gasteiger partial charge on any atom is -0.464 e. The van der Waals surface area contributed by atoms with Crippen molar-refractivity contribution < 1.29 is 28.5 Å². The summed E-state index contributed by atoms with van der Waals surface area (Å²) in [5.41, 5.74) is 4.05. The summed E-state index contributed by atoms with van der Waals surface area (Å²) in [5, 5.41) is 7.00. The van der Waals surface area contributed by atoms with E-state index in [-0.39, 0.29) is 18.4 Å². The Balaban J connectivity index is 1.35. The minimum absolute atomic E-state index is 0.219. The lowest BCUT2D eigenvalue weighted by Gasteiger charge is -2.13. The first-order valence-corrected chi connectivity index (χ1v) is 13.3. The van der Waals surface area contributed by atoms with E-state index in [9.17, 15) is 9.59 Å². The van der Waals surface area contributed by atoms with Gasteiger partial charge in [0.2, 0.25) is 6.79 Å². The molecule has 10 nitrogen and oxygen atoms in total. The third-order valence-corrected chi connectivity index (χ3v) is 7.15. The Morgan fingerprint density at radius 1 is 1.07 bits per heavy atom. The molecule has 1 saturated heterocycles. The van der Waals surface area contributed by atoms with E-state index >= 15 is 0 Å². The van der Waals surface area contributed by atoms with Crippen LogP contribution in [0.2, 0.25) is 0 Å². The number of aryl methyl sites for hydroxylation is 2. The van der Waals surface area contributed by atoms with Crippen molar-refractivity contribution in [2.75, 3.05) is 31.1 Å². The predicted molar refractivity (Wildman–Crippen MR) is 149 cm³/mol. The first-order valence-electron chi connectivity index (χ1n) is 13.3. The molecule has 1 fully saturated rings. The Hall–Kier alpha value is -4.57. The zero-order valence-corrected chi connectivity index (χ0v) is 22.1. The number of hydrogen-bond acceptors (Lipinski definition) is 8. The van der Waals surface area contributed by atoms with Gasteiger partial charge in [-0.3, -0.25) is 4.79 Å². The average molecular weight is 543 g/mol. The highest BCUT2D eigenvalue weighted by molar-refractivity contribution is 6.12. The van der Waals surface area contributed by atoms with Crippen molar-refractivity contribution in [1.82, 2.24) is 9.55 Å². The van der Waals surface area contributed by atoms with Crippen molar-refractivity contribution in [1.29, 1.82) is 0 Å². The SMILES string of the molecule is COC(=O)c1c(NC(=O)C2CCCO2)c2cc(NCc3ccc4c(c3)OCO4)cnc2n1CCc1ccccc1. The molecule has 10 heteroatoms. The Morgan fingerprint density at radius 3 is 2.73 bits per heavy atom. The van der Waals surface area contributed by atoms with Crippen molar-refractivity contribution in [3.63, 3.8) is 0 Å². The number of nitrogens with zero attached hydrogens (tertiary/aromatic N) is 2. The predicted octanol–water partition coefficient (Wildman–Crippen LogP) is 4.52. The average Bonchev–Trinajstić information content (AvgIpc) is 3.75. The van der Waals surface area contributed by atoms with Gasteiger partial charge < -0.3 is 34.1 Å². The van der Waals surface area contributed by atoms with Crippen molar-refractivity contribution in [2.45, 2.75) is 38.5 Å². The number of methoxy groups -OCH3 is 1. The van der Waals surface area contributed by atoms with Crippen LogP contribution in [0.15, 0.2) is 60.8 Å². The summed E-state index contributed by atoms with van der Waals surface area (Å²) in [6, 6.07) is 17.7. The number of hydrogen-bond donors (Lipinski definition) is 2. The lowest BCUT2D eigenvalue weighted by atomic mass is 10.1. The van der Waals surface area contributed by atoms with Gasteiger partial charge in [0.05, 0.1) is 24.7 Å². The molecule has 0 saturated carbocycles. The number of anilines is 2. The number of amides is 1. The van der Waals surface area contributed by atoms with Gasteiger partial charge in [-0.15, -0.1) is 0 Å². The molecule has 206 valence electrons. The molecule has 40 heavy (non-hydrogen) atoms. The highest BCUT2D eigenvalue weighted by Gasteiger charge is 2.30. The van der Waals surface area contributed by atoms with Gasteiger partial charge in [0.25, 0.3) is 5.91 Å². The summed E-state index contributed by atoms with van der Waals surface area (Å²) >= 11 is 0. The zero-order valence-electron chi connectivity index (χ0n) is 22.1. The summed E-state index contributed by atoms with van der Waals surface area (Å²) in [6.45, 7) is 1.74. The molecular weight excluding hydrogens is 512 g/mol. The highest BCUT2D eigenvalue weighted by atomic mass is 16.7. The van der Waals surface area contributed by atoms with Crippen molar-refractivity contribution in [3.8, 4) is 11.5 Å². The van der Waals surface area contributed by atoms with Crippen LogP contribution in [0.25, 0.3) is 11.0 Å². The lowest BCUT2D eigenvalue weighted by Crippen LogP contribution is -2.28. The molecule has 6 rings (SSSR count). The highest BCUT2D eigenvalue weighted by Crippen LogP contribution is 2.35. The monoisotopic (exact) mass is 542 g/mol. The van der Waals surface area contributed by atoms with Crippen LogP contribution in [0.5, 0.6) is 11.5 Å². The molecule has 1 unspecified atom stereocenters. The van der Waals surface area contributed by atoms with Gasteiger partial charge in [0, 0.05) is 25.1 Å². The van der Waals surface area contributed by atoms with Crippen LogP contribution < -0.4 is 20.1 Å². The smallest absolute Gasteiger partial charge is 0.356 e. The molecule has 1 amide bonds. The van der Waals surface area contributed by atoms with Gasteiger partial charge >= 0.3 is 5.97 Å². The molecule has 2 aliphatic heterocycles. The van der Waals surface area contributed by atoms with Crippen LogP contribution in [0, 0.1) is 0 Å². The van der Waals surface area contributed by atoms with Gasteiger partial charge in [-0.1, -0.05) is 36.4 Å². The number of fused-ring (bicyclic) bond motifs is 2. The molecule has 0 radical (unpaired) electrons. The van der Waals surface area contributed by atoms with E-state index in [1.54, 1.807) is 6.20 Å². The topological polar surface area (TPSA) is 113 Å². The van der Waals surface area contributed by atoms with E-state index in [0.717, 1.165) is 29.0 Å². The summed E-state index contributed by atoms with van der Waals surface area (Å²) in [7, 11) is 1.33. The largest absolute Gasteiger partial charge is 0.464 e. The molecular formula is C30H30N4O6. The molecule has 1 atom stereocenters. The van der Waals surface area contributed by atoms with Crippen LogP contribution in [0.4, 0.5) is 11.4 Å². The van der Waals surface area contributed by atoms with E-state index in [1.807, 2.05) is 59.2 Å². The van der Waals surface area contributed by atoms with Gasteiger partial charge in [-0.25, -0.2) is 9.78 Å². The number of ether oxygens (including phenoxy) is 4. The second-order valence-electron chi connectivity index (χ2n) is 9.73. The Morgan fingerprint density at radius 2 is 1.93 bits per heavy atom. The molecule has 2 aromatic carbocycles. The number of benzene rings is 2. The van der Waals surface area contributed by atoms with Crippen molar-refractivity contribution >= 4 is 34.3 Å². The summed E-state index contributed by atoms with van der Waals surface area (Å²) in [4.78, 5) is 31.0. The summed E-state index contributed by atoms with van der Waals surface area (Å²) in [5.74, 6) is 0.600. The summed E-state index contributed by atoms with van der Waals surface area (Å²) < 4.78 is 23.5. The fourth-order valence-electron chi connectivity index (χ4n) is 5.10. The number of aromatic nitrogens is 2. The summed E-state index contributed by atoms with van der Waals surface area (Å²) in [6.07, 6.45) is 3.28. The number of pyridine rings is 1. The van der Waals surface area contributed by atoms with Crippen LogP contribution in [0.1, 0.15) is 34.5 Å². The van der Waals surface area contributed by atoms with Crippen LogP contribution >= 0.6 is 0 Å². The minimum atomic E-state index is -0.562. The molecule has 2 aromatic heterocycles. The Labute approximate surface area is 231 Å². The van der Waals surface area contributed by atoms with E-state index in [2.05, 4.69) is 10.6 Å². The number of esters is 1. The first-order chi connectivity index (χ1) is 19.6. The lowest BCUT2D eigenvalue weighted by molar-refractivity contribution is -0.124. The molecule has 0 aliphatic carbocycles. The fourth-order valence-corrected chi connectivity index (χ4v) is 5.10. The number of nitrogens with one attached hydrogen (secondary N) is 2. The molecule has 4 aromatic rings. The van der Waals surface area contributed by atoms with Gasteiger partial charge in [0.15, 0.2) is 17.2 Å². The number of carbonyl (C=O) groups is 2. The fraction of sp³-hybridized carbons (Fsp3) is 0.300. The van der Waals surface area contributed by atoms with Crippen LogP contribution in [-0.4, -0.2) is 48.0 Å². The molecule has 0 spiro atoms.